The van der Waals surface area contributed by atoms with E-state index in [0.717, 1.165) is 22.8 Å². The number of nitrogens with zero attached hydrogens (tertiary/aromatic N) is 3. The minimum atomic E-state index is -0.660. The van der Waals surface area contributed by atoms with Gasteiger partial charge in [0.25, 0.3) is 5.56 Å². The fraction of sp³-hybridized carbons (Fsp3) is 0.261. The maximum Gasteiger partial charge on any atom is 0.333 e. The standard InChI is InChI=1S/C23H21Cl4N3O3/c1-2-3-10-29-21(31)15(13-28-17-12-16(24)18(25)20(27)19(17)26)22(32)30(23(29)33)11-9-14-7-5-4-6-8-14/h4-8,12-13,31H,2-3,9-11H2,1H3. The third-order valence-electron chi connectivity index (χ3n) is 5.05. The molecule has 0 saturated carbocycles. The van der Waals surface area contributed by atoms with Crippen molar-refractivity contribution in [1.82, 2.24) is 9.13 Å². The molecule has 0 spiro atoms. The van der Waals surface area contributed by atoms with Crippen LogP contribution in [0.5, 0.6) is 5.88 Å². The maximum absolute atomic E-state index is 13.1. The van der Waals surface area contributed by atoms with Gasteiger partial charge in [0.2, 0.25) is 5.88 Å². The van der Waals surface area contributed by atoms with E-state index in [0.29, 0.717) is 12.8 Å². The summed E-state index contributed by atoms with van der Waals surface area (Å²) < 4.78 is 2.29. The molecule has 0 aliphatic carbocycles. The van der Waals surface area contributed by atoms with E-state index < -0.39 is 17.1 Å². The van der Waals surface area contributed by atoms with Crippen LogP contribution in [0, 0.1) is 0 Å². The summed E-state index contributed by atoms with van der Waals surface area (Å²) in [5, 5.41) is 11.0. The average molecular weight is 529 g/mol. The van der Waals surface area contributed by atoms with Gasteiger partial charge in [0.15, 0.2) is 0 Å². The molecule has 2 aromatic carbocycles. The summed E-state index contributed by atoms with van der Waals surface area (Å²) in [6.45, 7) is 2.37. The first-order chi connectivity index (χ1) is 15.8. The second kappa shape index (κ2) is 11.3. The molecular formula is C23H21Cl4N3O3. The van der Waals surface area contributed by atoms with Crippen molar-refractivity contribution in [3.63, 3.8) is 0 Å². The Hall–Kier alpha value is -2.25. The highest BCUT2D eigenvalue weighted by atomic mass is 35.5. The molecule has 6 nitrogen and oxygen atoms in total. The Labute approximate surface area is 210 Å². The second-order valence-electron chi connectivity index (χ2n) is 7.30. The molecule has 0 aliphatic rings. The van der Waals surface area contributed by atoms with E-state index in [-0.39, 0.29) is 44.4 Å². The van der Waals surface area contributed by atoms with Crippen LogP contribution in [0.3, 0.4) is 0 Å². The lowest BCUT2D eigenvalue weighted by Crippen LogP contribution is -2.42. The molecule has 0 bridgehead atoms. The third kappa shape index (κ3) is 5.64. The fourth-order valence-electron chi connectivity index (χ4n) is 3.21. The van der Waals surface area contributed by atoms with Gasteiger partial charge in [-0.15, -0.1) is 0 Å². The molecule has 1 aromatic heterocycles. The molecule has 174 valence electrons. The third-order valence-corrected chi connectivity index (χ3v) is 6.79. The zero-order valence-corrected chi connectivity index (χ0v) is 20.7. The lowest BCUT2D eigenvalue weighted by atomic mass is 10.1. The van der Waals surface area contributed by atoms with Crippen molar-refractivity contribution < 1.29 is 5.11 Å². The van der Waals surface area contributed by atoms with Crippen LogP contribution in [0.4, 0.5) is 5.69 Å². The van der Waals surface area contributed by atoms with Crippen molar-refractivity contribution in [3.8, 4) is 5.88 Å². The lowest BCUT2D eigenvalue weighted by Gasteiger charge is -2.14. The molecule has 0 aliphatic heterocycles. The van der Waals surface area contributed by atoms with E-state index in [2.05, 4.69) is 4.99 Å². The highest BCUT2D eigenvalue weighted by molar-refractivity contribution is 6.52. The van der Waals surface area contributed by atoms with Crippen LogP contribution in [0.15, 0.2) is 51.0 Å². The number of hydrogen-bond acceptors (Lipinski definition) is 4. The summed E-state index contributed by atoms with van der Waals surface area (Å²) in [7, 11) is 0. The SMILES string of the molecule is CCCCn1c(O)c(C=Nc2cc(Cl)c(Cl)c(Cl)c2Cl)c(=O)n(CCc2ccccc2)c1=O. The van der Waals surface area contributed by atoms with Crippen LogP contribution in [0.2, 0.25) is 20.1 Å². The first-order valence-electron chi connectivity index (χ1n) is 10.2. The highest BCUT2D eigenvalue weighted by Gasteiger charge is 2.18. The van der Waals surface area contributed by atoms with Gasteiger partial charge in [-0.25, -0.2) is 4.79 Å². The monoisotopic (exact) mass is 527 g/mol. The van der Waals surface area contributed by atoms with Gasteiger partial charge in [-0.05, 0) is 24.5 Å². The van der Waals surface area contributed by atoms with Crippen molar-refractivity contribution in [2.24, 2.45) is 4.99 Å². The van der Waals surface area contributed by atoms with Crippen LogP contribution >= 0.6 is 46.4 Å². The first-order valence-corrected chi connectivity index (χ1v) is 11.7. The highest BCUT2D eigenvalue weighted by Crippen LogP contribution is 2.41. The smallest absolute Gasteiger partial charge is 0.333 e. The molecule has 10 heteroatoms. The minimum Gasteiger partial charge on any atom is -0.494 e. The zero-order valence-electron chi connectivity index (χ0n) is 17.7. The molecule has 0 atom stereocenters. The summed E-state index contributed by atoms with van der Waals surface area (Å²) in [6, 6.07) is 10.9. The van der Waals surface area contributed by atoms with Crippen LogP contribution in [0.25, 0.3) is 0 Å². The molecule has 0 fully saturated rings. The fourth-order valence-corrected chi connectivity index (χ4v) is 4.05. The summed E-state index contributed by atoms with van der Waals surface area (Å²) in [6.07, 6.45) is 3.07. The van der Waals surface area contributed by atoms with Gasteiger partial charge in [0.1, 0.15) is 5.56 Å². The molecule has 33 heavy (non-hydrogen) atoms. The van der Waals surface area contributed by atoms with E-state index in [4.69, 9.17) is 46.4 Å². The second-order valence-corrected chi connectivity index (χ2v) is 8.84. The minimum absolute atomic E-state index is 0.0235. The molecule has 0 saturated heterocycles. The summed E-state index contributed by atoms with van der Waals surface area (Å²) >= 11 is 24.3. The number of benzene rings is 2. The molecule has 3 aromatic rings. The van der Waals surface area contributed by atoms with Crippen molar-refractivity contribution in [1.29, 1.82) is 0 Å². The van der Waals surface area contributed by atoms with Crippen molar-refractivity contribution in [2.75, 3.05) is 0 Å². The molecule has 3 rings (SSSR count). The van der Waals surface area contributed by atoms with Gasteiger partial charge >= 0.3 is 5.69 Å². The van der Waals surface area contributed by atoms with E-state index in [9.17, 15) is 14.7 Å². The topological polar surface area (TPSA) is 76.6 Å². The van der Waals surface area contributed by atoms with Gasteiger partial charge in [0.05, 0.1) is 25.8 Å². The molecule has 0 unspecified atom stereocenters. The number of halogens is 4. The number of aliphatic imine (C=N–C) groups is 1. The van der Waals surface area contributed by atoms with Gasteiger partial charge < -0.3 is 5.11 Å². The van der Waals surface area contributed by atoms with Crippen molar-refractivity contribution in [2.45, 2.75) is 39.3 Å². The first kappa shape index (κ1) is 25.4. The van der Waals surface area contributed by atoms with E-state index in [1.165, 1.54) is 10.6 Å². The molecule has 0 radical (unpaired) electrons. The Morgan fingerprint density at radius 3 is 2.33 bits per heavy atom. The van der Waals surface area contributed by atoms with Crippen LogP contribution < -0.4 is 11.2 Å². The van der Waals surface area contributed by atoms with Crippen molar-refractivity contribution in [3.05, 3.63) is 88.5 Å². The number of aryl methyl sites for hydroxylation is 1. The quantitative estimate of drug-likeness (QED) is 0.217. The Bertz CT molecular complexity index is 1300. The summed E-state index contributed by atoms with van der Waals surface area (Å²) in [4.78, 5) is 30.3. The Balaban J connectivity index is 2.09. The molecular weight excluding hydrogens is 508 g/mol. The number of aromatic hydroxyl groups is 1. The van der Waals surface area contributed by atoms with Gasteiger partial charge in [-0.3, -0.25) is 18.9 Å². The van der Waals surface area contributed by atoms with Gasteiger partial charge in [-0.2, -0.15) is 0 Å². The van der Waals surface area contributed by atoms with Crippen LogP contribution in [-0.2, 0) is 19.5 Å². The Morgan fingerprint density at radius 2 is 1.67 bits per heavy atom. The maximum atomic E-state index is 13.1. The van der Waals surface area contributed by atoms with Gasteiger partial charge in [0, 0.05) is 19.3 Å². The van der Waals surface area contributed by atoms with Crippen LogP contribution in [0.1, 0.15) is 30.9 Å². The van der Waals surface area contributed by atoms with Crippen molar-refractivity contribution >= 4 is 58.3 Å². The number of unbranched alkanes of at least 4 members (excludes halogenated alkanes) is 1. The lowest BCUT2D eigenvalue weighted by molar-refractivity contribution is 0.382. The number of hydrogen-bond donors (Lipinski definition) is 1. The Morgan fingerprint density at radius 1 is 0.970 bits per heavy atom. The van der Waals surface area contributed by atoms with E-state index in [1.54, 1.807) is 0 Å². The summed E-state index contributed by atoms with van der Waals surface area (Å²) in [5.41, 5.74) is -0.236. The normalized spacial score (nSPS) is 11.4. The van der Waals surface area contributed by atoms with E-state index >= 15 is 0 Å². The Kier molecular flexibility index (Phi) is 8.65. The van der Waals surface area contributed by atoms with Crippen LogP contribution in [-0.4, -0.2) is 20.5 Å². The van der Waals surface area contributed by atoms with E-state index in [1.807, 2.05) is 37.3 Å². The molecule has 1 N–H and O–H groups in total. The average Bonchev–Trinajstić information content (AvgIpc) is 2.81. The largest absolute Gasteiger partial charge is 0.494 e. The molecule has 0 amide bonds. The predicted molar refractivity (Wildman–Crippen MR) is 135 cm³/mol. The zero-order chi connectivity index (χ0) is 24.1. The number of aromatic nitrogens is 2. The molecule has 1 heterocycles. The summed E-state index contributed by atoms with van der Waals surface area (Å²) in [5.74, 6) is -0.458. The number of rotatable bonds is 8. The van der Waals surface area contributed by atoms with Gasteiger partial charge in [-0.1, -0.05) is 90.1 Å². The predicted octanol–water partition coefficient (Wildman–Crippen LogP) is 6.12.